The number of aliphatic hydroxyl groups excluding tert-OH is 1. The lowest BCUT2D eigenvalue weighted by Gasteiger charge is -2.41. The second kappa shape index (κ2) is 12.8. The molecule has 0 saturated carbocycles. The average Bonchev–Trinajstić information content (AvgIpc) is 2.94. The van der Waals surface area contributed by atoms with Gasteiger partial charge in [0, 0.05) is 48.1 Å². The topological polar surface area (TPSA) is 94.9 Å². The van der Waals surface area contributed by atoms with Crippen LogP contribution < -0.4 is 10.1 Å². The molecule has 0 bridgehead atoms. The lowest BCUT2D eigenvalue weighted by atomic mass is 9.71. The summed E-state index contributed by atoms with van der Waals surface area (Å²) >= 11 is 0. The number of piperidine rings is 1. The molecule has 0 spiro atoms. The van der Waals surface area contributed by atoms with Gasteiger partial charge in [-0.25, -0.2) is 17.6 Å². The Morgan fingerprint density at radius 2 is 1.88 bits per heavy atom. The van der Waals surface area contributed by atoms with Crippen LogP contribution in [0.3, 0.4) is 0 Å². The maximum atomic E-state index is 13.9. The second-order valence-corrected chi connectivity index (χ2v) is 10.4. The number of alkyl halides is 1. The van der Waals surface area contributed by atoms with E-state index in [0.717, 1.165) is 12.1 Å². The van der Waals surface area contributed by atoms with E-state index in [1.54, 1.807) is 18.2 Å². The molecule has 1 atom stereocenters. The minimum absolute atomic E-state index is 0.0547. The number of rotatable bonds is 12. The Bertz CT molecular complexity index is 1320. The lowest BCUT2D eigenvalue weighted by Crippen LogP contribution is -2.43. The van der Waals surface area contributed by atoms with Crippen LogP contribution in [0.15, 0.2) is 36.5 Å². The third kappa shape index (κ3) is 6.82. The zero-order valence-electron chi connectivity index (χ0n) is 22.2. The van der Waals surface area contributed by atoms with E-state index in [-0.39, 0.29) is 24.1 Å². The van der Waals surface area contributed by atoms with Crippen LogP contribution in [0.4, 0.5) is 23.2 Å². The molecule has 1 aliphatic heterocycles. The van der Waals surface area contributed by atoms with E-state index in [1.165, 1.54) is 13.3 Å². The summed E-state index contributed by atoms with van der Waals surface area (Å²) in [5, 5.41) is 24.4. The van der Waals surface area contributed by atoms with Crippen molar-refractivity contribution in [2.75, 3.05) is 38.6 Å². The van der Waals surface area contributed by atoms with Crippen molar-refractivity contribution in [2.45, 2.75) is 44.9 Å². The van der Waals surface area contributed by atoms with E-state index in [0.29, 0.717) is 67.7 Å². The van der Waals surface area contributed by atoms with Crippen LogP contribution in [0.25, 0.3) is 10.9 Å². The number of ether oxygens (including phenoxy) is 1. The Morgan fingerprint density at radius 3 is 2.50 bits per heavy atom. The first kappa shape index (κ1) is 29.5. The van der Waals surface area contributed by atoms with Crippen molar-refractivity contribution in [3.05, 3.63) is 65.1 Å². The molecule has 2 heterocycles. The molecule has 1 fully saturated rings. The van der Waals surface area contributed by atoms with Crippen LogP contribution in [0.2, 0.25) is 0 Å². The number of pyridine rings is 1. The fraction of sp³-hybridized carbons (Fsp3) is 0.448. The standard InChI is InChI=1S/C29H33F4N3O4/c1-40-20-2-3-24-21(14-20)27(18(16-30)17-35-24)25(37)4-5-29(15-26(38)39)6-9-36(10-7-29)11-8-34-19-12-22(31)28(33)23(32)13-19/h2-3,12-14,17,25,34,37H,4-11,15-16H2,1H3,(H,38,39)/t25-/m0/s1. The molecule has 2 aromatic carbocycles. The largest absolute Gasteiger partial charge is 0.497 e. The summed E-state index contributed by atoms with van der Waals surface area (Å²) in [6.45, 7) is 1.30. The van der Waals surface area contributed by atoms with Crippen LogP contribution in [-0.2, 0) is 11.5 Å². The quantitative estimate of drug-likeness (QED) is 0.195. The maximum absolute atomic E-state index is 13.9. The van der Waals surface area contributed by atoms with Gasteiger partial charge in [0.15, 0.2) is 17.5 Å². The fourth-order valence-corrected chi connectivity index (χ4v) is 5.55. The highest BCUT2D eigenvalue weighted by molar-refractivity contribution is 5.85. The molecule has 0 unspecified atom stereocenters. The normalized spacial score (nSPS) is 16.1. The van der Waals surface area contributed by atoms with Gasteiger partial charge in [-0.2, -0.15) is 0 Å². The fourth-order valence-electron chi connectivity index (χ4n) is 5.55. The van der Waals surface area contributed by atoms with Crippen molar-refractivity contribution < 1.29 is 37.3 Å². The van der Waals surface area contributed by atoms with Gasteiger partial charge in [-0.15, -0.1) is 0 Å². The minimum atomic E-state index is -1.51. The molecule has 1 aromatic heterocycles. The van der Waals surface area contributed by atoms with Crippen molar-refractivity contribution in [3.63, 3.8) is 0 Å². The number of carboxylic acid groups (broad SMARTS) is 1. The molecular weight excluding hydrogens is 530 g/mol. The second-order valence-electron chi connectivity index (χ2n) is 10.4. The number of halogens is 4. The summed E-state index contributed by atoms with van der Waals surface area (Å²) in [6, 6.07) is 6.99. The highest BCUT2D eigenvalue weighted by atomic mass is 19.2. The first-order chi connectivity index (χ1) is 19.1. The molecule has 11 heteroatoms. The number of methoxy groups -OCH3 is 1. The number of carboxylic acids is 1. The summed E-state index contributed by atoms with van der Waals surface area (Å²) in [6.07, 6.45) is 2.18. The van der Waals surface area contributed by atoms with Crippen LogP contribution in [0.5, 0.6) is 5.75 Å². The number of nitrogens with zero attached hydrogens (tertiary/aromatic N) is 2. The van der Waals surface area contributed by atoms with Gasteiger partial charge in [0.2, 0.25) is 0 Å². The molecule has 7 nitrogen and oxygen atoms in total. The Morgan fingerprint density at radius 1 is 1.18 bits per heavy atom. The van der Waals surface area contributed by atoms with Gasteiger partial charge in [0.25, 0.3) is 0 Å². The SMILES string of the molecule is COc1ccc2ncc(CF)c([C@@H](O)CCC3(CC(=O)O)CCN(CCNc4cc(F)c(F)c(F)c4)CC3)c2c1. The lowest BCUT2D eigenvalue weighted by molar-refractivity contribution is -0.141. The van der Waals surface area contributed by atoms with Gasteiger partial charge in [0.05, 0.1) is 25.2 Å². The first-order valence-corrected chi connectivity index (χ1v) is 13.2. The molecule has 3 aromatic rings. The number of aliphatic carboxylic acids is 1. The molecule has 0 amide bonds. The zero-order valence-corrected chi connectivity index (χ0v) is 22.2. The van der Waals surface area contributed by atoms with Crippen molar-refractivity contribution in [2.24, 2.45) is 5.41 Å². The van der Waals surface area contributed by atoms with Crippen LogP contribution in [0.1, 0.15) is 49.3 Å². The van der Waals surface area contributed by atoms with Crippen LogP contribution in [0, 0.1) is 22.9 Å². The minimum Gasteiger partial charge on any atom is -0.497 e. The molecule has 0 radical (unpaired) electrons. The van der Waals surface area contributed by atoms with Gasteiger partial charge in [0.1, 0.15) is 12.4 Å². The predicted molar refractivity (Wildman–Crippen MR) is 142 cm³/mol. The molecular formula is C29H33F4N3O4. The van der Waals surface area contributed by atoms with Crippen molar-refractivity contribution in [1.82, 2.24) is 9.88 Å². The number of likely N-dealkylation sites (tertiary alicyclic amines) is 1. The van der Waals surface area contributed by atoms with E-state index < -0.39 is 41.6 Å². The summed E-state index contributed by atoms with van der Waals surface area (Å²) in [5.74, 6) is -4.41. The Hall–Kier alpha value is -3.44. The summed E-state index contributed by atoms with van der Waals surface area (Å²) in [4.78, 5) is 18.2. The Kier molecular flexibility index (Phi) is 9.47. The monoisotopic (exact) mass is 563 g/mol. The molecule has 4 rings (SSSR count). The number of carbonyl (C=O) groups is 1. The number of anilines is 1. The van der Waals surface area contributed by atoms with E-state index >= 15 is 0 Å². The Labute approximate surface area is 229 Å². The van der Waals surface area contributed by atoms with E-state index in [1.807, 2.05) is 0 Å². The molecule has 40 heavy (non-hydrogen) atoms. The highest BCUT2D eigenvalue weighted by Crippen LogP contribution is 2.42. The van der Waals surface area contributed by atoms with Crippen molar-refractivity contribution in [1.29, 1.82) is 0 Å². The first-order valence-electron chi connectivity index (χ1n) is 13.2. The number of fused-ring (bicyclic) bond motifs is 1. The van der Waals surface area contributed by atoms with E-state index in [9.17, 15) is 32.6 Å². The van der Waals surface area contributed by atoms with Crippen LogP contribution in [-0.4, -0.2) is 59.4 Å². The van der Waals surface area contributed by atoms with Crippen molar-refractivity contribution >= 4 is 22.6 Å². The number of aromatic nitrogens is 1. The smallest absolute Gasteiger partial charge is 0.303 e. The van der Waals surface area contributed by atoms with Gasteiger partial charge in [-0.1, -0.05) is 0 Å². The average molecular weight is 564 g/mol. The van der Waals surface area contributed by atoms with E-state index in [4.69, 9.17) is 4.74 Å². The third-order valence-electron chi connectivity index (χ3n) is 7.81. The Balaban J connectivity index is 1.40. The third-order valence-corrected chi connectivity index (χ3v) is 7.81. The van der Waals surface area contributed by atoms with Gasteiger partial charge < -0.3 is 25.2 Å². The van der Waals surface area contributed by atoms with Gasteiger partial charge in [-0.05, 0) is 68.0 Å². The predicted octanol–water partition coefficient (Wildman–Crippen LogP) is 5.61. The molecule has 3 N–H and O–H groups in total. The number of nitrogens with one attached hydrogen (secondary N) is 1. The summed E-state index contributed by atoms with van der Waals surface area (Å²) in [7, 11) is 1.52. The molecule has 216 valence electrons. The maximum Gasteiger partial charge on any atom is 0.303 e. The highest BCUT2D eigenvalue weighted by Gasteiger charge is 2.37. The summed E-state index contributed by atoms with van der Waals surface area (Å²) < 4.78 is 59.2. The summed E-state index contributed by atoms with van der Waals surface area (Å²) in [5.41, 5.74) is 0.908. The molecule has 1 aliphatic rings. The number of benzene rings is 2. The van der Waals surface area contributed by atoms with Gasteiger partial charge in [-0.3, -0.25) is 9.78 Å². The van der Waals surface area contributed by atoms with E-state index in [2.05, 4.69) is 15.2 Å². The van der Waals surface area contributed by atoms with Crippen molar-refractivity contribution in [3.8, 4) is 5.75 Å². The van der Waals surface area contributed by atoms with Crippen LogP contribution >= 0.6 is 0 Å². The molecule has 1 saturated heterocycles. The number of hydrogen-bond acceptors (Lipinski definition) is 6. The van der Waals surface area contributed by atoms with Gasteiger partial charge >= 0.3 is 5.97 Å². The number of aliphatic hydroxyl groups is 1. The molecule has 0 aliphatic carbocycles. The number of hydrogen-bond donors (Lipinski definition) is 3. The zero-order chi connectivity index (χ0) is 28.9.